The molecule has 0 bridgehead atoms. The van der Waals surface area contributed by atoms with Crippen molar-refractivity contribution >= 4 is 10.8 Å². The Balaban J connectivity index is 2.15. The molecule has 0 saturated carbocycles. The normalized spacial score (nSPS) is 14.5. The van der Waals surface area contributed by atoms with Gasteiger partial charge in [0.2, 0.25) is 0 Å². The molecule has 2 rings (SSSR count). The molecule has 0 aliphatic carbocycles. The zero-order valence-electron chi connectivity index (χ0n) is 12.0. The van der Waals surface area contributed by atoms with E-state index in [0.29, 0.717) is 12.1 Å². The molecule has 2 nitrogen and oxygen atoms in total. The molecule has 0 aliphatic heterocycles. The highest BCUT2D eigenvalue weighted by Gasteiger charge is 2.11. The van der Waals surface area contributed by atoms with Gasteiger partial charge in [-0.3, -0.25) is 0 Å². The molecule has 2 heteroatoms. The summed E-state index contributed by atoms with van der Waals surface area (Å²) >= 11 is 0. The Morgan fingerprint density at radius 1 is 1.05 bits per heavy atom. The largest absolute Gasteiger partial charge is 0.382 e. The molecule has 0 amide bonds. The molecular formula is C17H23NO. The minimum absolute atomic E-state index is 0.316. The van der Waals surface area contributed by atoms with Gasteiger partial charge in [-0.25, -0.2) is 0 Å². The molecule has 102 valence electrons. The first-order chi connectivity index (χ1) is 9.24. The van der Waals surface area contributed by atoms with E-state index in [0.717, 1.165) is 12.8 Å². The topological polar surface area (TPSA) is 21.3 Å². The van der Waals surface area contributed by atoms with Gasteiger partial charge in [0.05, 0.1) is 6.10 Å². The summed E-state index contributed by atoms with van der Waals surface area (Å²) in [6.07, 6.45) is 2.47. The Morgan fingerprint density at radius 2 is 1.79 bits per heavy atom. The van der Waals surface area contributed by atoms with Crippen LogP contribution in [0, 0.1) is 0 Å². The SMILES string of the molecule is CNC(CCC(C)OC)c1ccc2ccccc2c1. The van der Waals surface area contributed by atoms with Crippen molar-refractivity contribution in [3.8, 4) is 0 Å². The molecule has 2 atom stereocenters. The maximum atomic E-state index is 5.32. The highest BCUT2D eigenvalue weighted by molar-refractivity contribution is 5.83. The minimum Gasteiger partial charge on any atom is -0.382 e. The standard InChI is InChI=1S/C17H23NO/c1-13(19-3)8-11-17(18-2)16-10-9-14-6-4-5-7-15(14)12-16/h4-7,9-10,12-13,17-18H,8,11H2,1-3H3. The minimum atomic E-state index is 0.316. The fourth-order valence-corrected chi connectivity index (χ4v) is 2.42. The third-order valence-electron chi connectivity index (χ3n) is 3.79. The molecule has 0 aromatic heterocycles. The van der Waals surface area contributed by atoms with Crippen LogP contribution in [-0.4, -0.2) is 20.3 Å². The third kappa shape index (κ3) is 3.55. The Labute approximate surface area is 115 Å². The monoisotopic (exact) mass is 257 g/mol. The van der Waals surface area contributed by atoms with Gasteiger partial charge in [-0.15, -0.1) is 0 Å². The second kappa shape index (κ2) is 6.69. The molecule has 0 aliphatic rings. The first-order valence-electron chi connectivity index (χ1n) is 6.93. The van der Waals surface area contributed by atoms with Crippen LogP contribution in [0.2, 0.25) is 0 Å². The summed E-state index contributed by atoms with van der Waals surface area (Å²) in [6.45, 7) is 2.12. The van der Waals surface area contributed by atoms with Crippen LogP contribution in [0.4, 0.5) is 0 Å². The molecular weight excluding hydrogens is 234 g/mol. The van der Waals surface area contributed by atoms with Gasteiger partial charge >= 0.3 is 0 Å². The van der Waals surface area contributed by atoms with Crippen LogP contribution in [0.5, 0.6) is 0 Å². The molecule has 1 N–H and O–H groups in total. The van der Waals surface area contributed by atoms with E-state index in [4.69, 9.17) is 4.74 Å². The summed E-state index contributed by atoms with van der Waals surface area (Å²) < 4.78 is 5.32. The summed E-state index contributed by atoms with van der Waals surface area (Å²) in [4.78, 5) is 0. The molecule has 0 heterocycles. The van der Waals surface area contributed by atoms with Crippen molar-refractivity contribution < 1.29 is 4.74 Å². The lowest BCUT2D eigenvalue weighted by atomic mass is 9.98. The summed E-state index contributed by atoms with van der Waals surface area (Å²) in [6, 6.07) is 15.6. The Kier molecular flexibility index (Phi) is 4.94. The van der Waals surface area contributed by atoms with Gasteiger partial charge in [-0.2, -0.15) is 0 Å². The fraction of sp³-hybridized carbons (Fsp3) is 0.412. The van der Waals surface area contributed by atoms with E-state index < -0.39 is 0 Å². The van der Waals surface area contributed by atoms with Crippen molar-refractivity contribution in [1.82, 2.24) is 5.32 Å². The molecule has 0 spiro atoms. The zero-order valence-corrected chi connectivity index (χ0v) is 12.0. The number of ether oxygens (including phenoxy) is 1. The van der Waals surface area contributed by atoms with E-state index in [1.165, 1.54) is 16.3 Å². The van der Waals surface area contributed by atoms with E-state index in [1.54, 1.807) is 7.11 Å². The number of nitrogens with one attached hydrogen (secondary N) is 1. The van der Waals surface area contributed by atoms with Crippen LogP contribution in [0.15, 0.2) is 42.5 Å². The number of rotatable bonds is 6. The van der Waals surface area contributed by atoms with Crippen LogP contribution in [0.25, 0.3) is 10.8 Å². The second-order valence-corrected chi connectivity index (χ2v) is 5.07. The summed E-state index contributed by atoms with van der Waals surface area (Å²) in [7, 11) is 3.80. The van der Waals surface area contributed by atoms with Crippen molar-refractivity contribution in [1.29, 1.82) is 0 Å². The van der Waals surface area contributed by atoms with Crippen molar-refractivity contribution in [3.05, 3.63) is 48.0 Å². The van der Waals surface area contributed by atoms with Gasteiger partial charge in [0.1, 0.15) is 0 Å². The quantitative estimate of drug-likeness (QED) is 0.847. The molecule has 2 unspecified atom stereocenters. The van der Waals surface area contributed by atoms with Crippen LogP contribution in [0.1, 0.15) is 31.4 Å². The van der Waals surface area contributed by atoms with E-state index in [1.807, 2.05) is 7.05 Å². The van der Waals surface area contributed by atoms with E-state index in [-0.39, 0.29) is 0 Å². The third-order valence-corrected chi connectivity index (χ3v) is 3.79. The lowest BCUT2D eigenvalue weighted by molar-refractivity contribution is 0.106. The fourth-order valence-electron chi connectivity index (χ4n) is 2.42. The number of hydrogen-bond donors (Lipinski definition) is 1. The van der Waals surface area contributed by atoms with Crippen molar-refractivity contribution in [2.75, 3.05) is 14.2 Å². The lowest BCUT2D eigenvalue weighted by Gasteiger charge is -2.19. The first-order valence-corrected chi connectivity index (χ1v) is 6.93. The highest BCUT2D eigenvalue weighted by atomic mass is 16.5. The summed E-state index contributed by atoms with van der Waals surface area (Å²) in [5.74, 6) is 0. The number of benzene rings is 2. The molecule has 0 radical (unpaired) electrons. The van der Waals surface area contributed by atoms with Gasteiger partial charge in [-0.1, -0.05) is 36.4 Å². The molecule has 19 heavy (non-hydrogen) atoms. The van der Waals surface area contributed by atoms with E-state index in [2.05, 4.69) is 54.7 Å². The van der Waals surface area contributed by atoms with Crippen LogP contribution in [0.3, 0.4) is 0 Å². The average Bonchev–Trinajstić information content (AvgIpc) is 2.47. The maximum absolute atomic E-state index is 5.32. The van der Waals surface area contributed by atoms with Crippen LogP contribution < -0.4 is 5.32 Å². The van der Waals surface area contributed by atoms with E-state index in [9.17, 15) is 0 Å². The molecule has 2 aromatic carbocycles. The van der Waals surface area contributed by atoms with Gasteiger partial charge in [-0.05, 0) is 49.2 Å². The predicted octanol–water partition coefficient (Wildman–Crippen LogP) is 3.92. The summed E-state index contributed by atoms with van der Waals surface area (Å²) in [5.41, 5.74) is 1.35. The van der Waals surface area contributed by atoms with Crippen molar-refractivity contribution in [3.63, 3.8) is 0 Å². The van der Waals surface area contributed by atoms with Gasteiger partial charge in [0.25, 0.3) is 0 Å². The molecule has 0 fully saturated rings. The Hall–Kier alpha value is -1.38. The smallest absolute Gasteiger partial charge is 0.0543 e. The van der Waals surface area contributed by atoms with Crippen molar-refractivity contribution in [2.24, 2.45) is 0 Å². The van der Waals surface area contributed by atoms with Gasteiger partial charge in [0.15, 0.2) is 0 Å². The van der Waals surface area contributed by atoms with Gasteiger partial charge < -0.3 is 10.1 Å². The Morgan fingerprint density at radius 3 is 2.47 bits per heavy atom. The second-order valence-electron chi connectivity index (χ2n) is 5.07. The van der Waals surface area contributed by atoms with E-state index >= 15 is 0 Å². The highest BCUT2D eigenvalue weighted by Crippen LogP contribution is 2.24. The summed E-state index contributed by atoms with van der Waals surface area (Å²) in [5, 5.41) is 6.01. The van der Waals surface area contributed by atoms with Crippen LogP contribution in [-0.2, 0) is 4.74 Å². The average molecular weight is 257 g/mol. The number of methoxy groups -OCH3 is 1. The maximum Gasteiger partial charge on any atom is 0.0543 e. The predicted molar refractivity (Wildman–Crippen MR) is 81.5 cm³/mol. The van der Waals surface area contributed by atoms with Crippen LogP contribution >= 0.6 is 0 Å². The molecule has 0 saturated heterocycles. The van der Waals surface area contributed by atoms with Gasteiger partial charge in [0, 0.05) is 13.2 Å². The number of hydrogen-bond acceptors (Lipinski definition) is 2. The first kappa shape index (κ1) is 14.0. The number of fused-ring (bicyclic) bond motifs is 1. The zero-order chi connectivity index (χ0) is 13.7. The molecule has 2 aromatic rings. The van der Waals surface area contributed by atoms with Crippen molar-refractivity contribution in [2.45, 2.75) is 31.9 Å². The lowest BCUT2D eigenvalue weighted by Crippen LogP contribution is -2.18. The Bertz CT molecular complexity index is 523.